The lowest BCUT2D eigenvalue weighted by Gasteiger charge is -2.28. The van der Waals surface area contributed by atoms with Gasteiger partial charge in [-0.25, -0.2) is 8.42 Å². The van der Waals surface area contributed by atoms with Crippen molar-refractivity contribution >= 4 is 9.84 Å². The van der Waals surface area contributed by atoms with Gasteiger partial charge in [-0.1, -0.05) is 6.92 Å². The van der Waals surface area contributed by atoms with Crippen LogP contribution >= 0.6 is 0 Å². The van der Waals surface area contributed by atoms with Gasteiger partial charge in [-0.3, -0.25) is 0 Å². The van der Waals surface area contributed by atoms with Crippen LogP contribution in [-0.2, 0) is 9.84 Å². The van der Waals surface area contributed by atoms with Crippen molar-refractivity contribution in [1.29, 1.82) is 5.26 Å². The summed E-state index contributed by atoms with van der Waals surface area (Å²) in [5.74, 6) is 0.645. The Balaban J connectivity index is 2.28. The third-order valence-electron chi connectivity index (χ3n) is 2.93. The molecule has 1 aliphatic heterocycles. The monoisotopic (exact) mass is 230 g/mol. The zero-order chi connectivity index (χ0) is 11.3. The van der Waals surface area contributed by atoms with Gasteiger partial charge in [-0.2, -0.15) is 5.26 Å². The molecule has 1 heterocycles. The average molecular weight is 230 g/mol. The summed E-state index contributed by atoms with van der Waals surface area (Å²) in [5, 5.41) is 8.71. The van der Waals surface area contributed by atoms with Crippen molar-refractivity contribution in [2.24, 2.45) is 5.92 Å². The second-order valence-corrected chi connectivity index (χ2v) is 6.45. The Morgan fingerprint density at radius 2 is 2.00 bits per heavy atom. The third kappa shape index (κ3) is 4.18. The number of piperidine rings is 1. The fourth-order valence-electron chi connectivity index (χ4n) is 1.70. The van der Waals surface area contributed by atoms with E-state index in [1.807, 2.05) is 0 Å². The molecule has 0 saturated carbocycles. The standard InChI is InChI=1S/C10H18N2O2S/c1-2-15(13,14)8-7-12-5-3-10(9-11)4-6-12/h10H,2-8H2,1H3. The highest BCUT2D eigenvalue weighted by Gasteiger charge is 2.19. The van der Waals surface area contributed by atoms with Gasteiger partial charge in [0.2, 0.25) is 0 Å². The lowest BCUT2D eigenvalue weighted by molar-refractivity contribution is 0.216. The van der Waals surface area contributed by atoms with Gasteiger partial charge in [0.15, 0.2) is 9.84 Å². The first-order valence-electron chi connectivity index (χ1n) is 5.40. The van der Waals surface area contributed by atoms with Gasteiger partial charge in [0, 0.05) is 18.2 Å². The minimum atomic E-state index is -2.84. The summed E-state index contributed by atoms with van der Waals surface area (Å²) in [6, 6.07) is 2.26. The third-order valence-corrected chi connectivity index (χ3v) is 4.61. The van der Waals surface area contributed by atoms with Crippen molar-refractivity contribution in [1.82, 2.24) is 4.90 Å². The molecule has 1 saturated heterocycles. The lowest BCUT2D eigenvalue weighted by atomic mass is 9.99. The molecule has 0 amide bonds. The Hall–Kier alpha value is -0.600. The summed E-state index contributed by atoms with van der Waals surface area (Å²) in [7, 11) is -2.84. The maximum Gasteiger partial charge on any atom is 0.151 e. The number of hydrogen-bond acceptors (Lipinski definition) is 4. The summed E-state index contributed by atoms with van der Waals surface area (Å²) >= 11 is 0. The predicted molar refractivity (Wildman–Crippen MR) is 59.1 cm³/mol. The summed E-state index contributed by atoms with van der Waals surface area (Å²) in [6.07, 6.45) is 1.76. The maximum atomic E-state index is 11.3. The first-order chi connectivity index (χ1) is 7.07. The van der Waals surface area contributed by atoms with Crippen LogP contribution in [0.25, 0.3) is 0 Å². The first-order valence-corrected chi connectivity index (χ1v) is 7.22. The molecular weight excluding hydrogens is 212 g/mol. The number of nitriles is 1. The van der Waals surface area contributed by atoms with E-state index in [2.05, 4.69) is 11.0 Å². The molecule has 1 rings (SSSR count). The highest BCUT2D eigenvalue weighted by Crippen LogP contribution is 2.15. The molecule has 0 aromatic heterocycles. The first kappa shape index (κ1) is 12.5. The molecular formula is C10H18N2O2S. The van der Waals surface area contributed by atoms with Crippen molar-refractivity contribution < 1.29 is 8.42 Å². The summed E-state index contributed by atoms with van der Waals surface area (Å²) in [4.78, 5) is 2.14. The van der Waals surface area contributed by atoms with E-state index in [0.717, 1.165) is 25.9 Å². The maximum absolute atomic E-state index is 11.3. The zero-order valence-electron chi connectivity index (χ0n) is 9.15. The molecule has 0 spiro atoms. The van der Waals surface area contributed by atoms with E-state index >= 15 is 0 Å². The minimum absolute atomic E-state index is 0.170. The smallest absolute Gasteiger partial charge is 0.151 e. The Labute approximate surface area is 91.8 Å². The molecule has 0 radical (unpaired) electrons. The molecule has 0 atom stereocenters. The van der Waals surface area contributed by atoms with Crippen molar-refractivity contribution in [3.63, 3.8) is 0 Å². The number of hydrogen-bond donors (Lipinski definition) is 0. The van der Waals surface area contributed by atoms with Gasteiger partial charge in [-0.05, 0) is 25.9 Å². The van der Waals surface area contributed by atoms with Crippen molar-refractivity contribution in [3.8, 4) is 6.07 Å². The van der Waals surface area contributed by atoms with Crippen LogP contribution in [0.2, 0.25) is 0 Å². The Morgan fingerprint density at radius 3 is 2.47 bits per heavy atom. The molecule has 0 aliphatic carbocycles. The second-order valence-electron chi connectivity index (χ2n) is 3.98. The number of rotatable bonds is 4. The van der Waals surface area contributed by atoms with E-state index in [0.29, 0.717) is 6.54 Å². The number of likely N-dealkylation sites (tertiary alicyclic amines) is 1. The largest absolute Gasteiger partial charge is 0.302 e. The zero-order valence-corrected chi connectivity index (χ0v) is 9.96. The highest BCUT2D eigenvalue weighted by molar-refractivity contribution is 7.91. The van der Waals surface area contributed by atoms with E-state index < -0.39 is 9.84 Å². The van der Waals surface area contributed by atoms with Crippen LogP contribution in [0.5, 0.6) is 0 Å². The molecule has 1 fully saturated rings. The fourth-order valence-corrected chi connectivity index (χ4v) is 2.52. The van der Waals surface area contributed by atoms with E-state index in [1.165, 1.54) is 0 Å². The average Bonchev–Trinajstić information content (AvgIpc) is 2.27. The second kappa shape index (κ2) is 5.47. The number of nitrogens with zero attached hydrogens (tertiary/aromatic N) is 2. The molecule has 1 aliphatic rings. The molecule has 15 heavy (non-hydrogen) atoms. The molecule has 0 bridgehead atoms. The molecule has 0 N–H and O–H groups in total. The molecule has 0 aromatic rings. The molecule has 0 unspecified atom stereocenters. The summed E-state index contributed by atoms with van der Waals surface area (Å²) < 4.78 is 22.6. The van der Waals surface area contributed by atoms with Crippen LogP contribution in [0.3, 0.4) is 0 Å². The van der Waals surface area contributed by atoms with Crippen LogP contribution in [0.15, 0.2) is 0 Å². The highest BCUT2D eigenvalue weighted by atomic mass is 32.2. The van der Waals surface area contributed by atoms with Gasteiger partial charge in [0.1, 0.15) is 0 Å². The topological polar surface area (TPSA) is 61.2 Å². The van der Waals surface area contributed by atoms with Crippen molar-refractivity contribution in [2.75, 3.05) is 31.1 Å². The van der Waals surface area contributed by atoms with E-state index in [9.17, 15) is 8.42 Å². The van der Waals surface area contributed by atoms with E-state index in [-0.39, 0.29) is 17.4 Å². The van der Waals surface area contributed by atoms with Crippen LogP contribution in [0, 0.1) is 17.2 Å². The quantitative estimate of drug-likeness (QED) is 0.711. The molecule has 5 heteroatoms. The summed E-state index contributed by atoms with van der Waals surface area (Å²) in [6.45, 7) is 4.01. The minimum Gasteiger partial charge on any atom is -0.302 e. The molecule has 0 aromatic carbocycles. The Kier molecular flexibility index (Phi) is 4.55. The van der Waals surface area contributed by atoms with Crippen LogP contribution in [0.1, 0.15) is 19.8 Å². The SMILES string of the molecule is CCS(=O)(=O)CCN1CCC(C#N)CC1. The molecule has 4 nitrogen and oxygen atoms in total. The Morgan fingerprint density at radius 1 is 1.40 bits per heavy atom. The summed E-state index contributed by atoms with van der Waals surface area (Å²) in [5.41, 5.74) is 0. The van der Waals surface area contributed by atoms with Gasteiger partial charge in [0.25, 0.3) is 0 Å². The van der Waals surface area contributed by atoms with Crippen molar-refractivity contribution in [3.05, 3.63) is 0 Å². The van der Waals surface area contributed by atoms with Crippen LogP contribution in [-0.4, -0.2) is 44.5 Å². The van der Waals surface area contributed by atoms with Gasteiger partial charge in [0.05, 0.1) is 11.8 Å². The van der Waals surface area contributed by atoms with E-state index in [4.69, 9.17) is 5.26 Å². The number of sulfone groups is 1. The fraction of sp³-hybridized carbons (Fsp3) is 0.900. The Bertz CT molecular complexity index is 324. The van der Waals surface area contributed by atoms with Gasteiger partial charge in [-0.15, -0.1) is 0 Å². The predicted octanol–water partition coefficient (Wildman–Crippen LogP) is 0.657. The van der Waals surface area contributed by atoms with Gasteiger partial charge >= 0.3 is 0 Å². The normalized spacial score (nSPS) is 20.0. The van der Waals surface area contributed by atoms with Crippen LogP contribution in [0.4, 0.5) is 0 Å². The van der Waals surface area contributed by atoms with Crippen molar-refractivity contribution in [2.45, 2.75) is 19.8 Å². The molecule has 86 valence electrons. The van der Waals surface area contributed by atoms with Gasteiger partial charge < -0.3 is 4.90 Å². The van der Waals surface area contributed by atoms with Crippen LogP contribution < -0.4 is 0 Å². The lowest BCUT2D eigenvalue weighted by Crippen LogP contribution is -2.36. The van der Waals surface area contributed by atoms with E-state index in [1.54, 1.807) is 6.92 Å².